The first-order valence-electron chi connectivity index (χ1n) is 10.5. The van der Waals surface area contributed by atoms with Crippen LogP contribution in [0.15, 0.2) is 42.5 Å². The van der Waals surface area contributed by atoms with Gasteiger partial charge in [0.2, 0.25) is 0 Å². The fraction of sp³-hybridized carbons (Fsp3) is 0.320. The number of rotatable bonds is 5. The van der Waals surface area contributed by atoms with Gasteiger partial charge in [-0.05, 0) is 55.7 Å². The van der Waals surface area contributed by atoms with E-state index in [0.29, 0.717) is 17.7 Å². The summed E-state index contributed by atoms with van der Waals surface area (Å²) in [7, 11) is 0. The van der Waals surface area contributed by atoms with Crippen LogP contribution in [0, 0.1) is 5.82 Å². The predicted octanol–water partition coefficient (Wildman–Crippen LogP) is 6.55. The van der Waals surface area contributed by atoms with Gasteiger partial charge in [0, 0.05) is 40.1 Å². The maximum atomic E-state index is 15.5. The van der Waals surface area contributed by atoms with Gasteiger partial charge in [-0.25, -0.2) is 13.2 Å². The molecule has 4 rings (SSSR count). The van der Waals surface area contributed by atoms with Crippen LogP contribution >= 0.6 is 11.6 Å². The molecule has 168 valence electrons. The Morgan fingerprint density at radius 1 is 1.31 bits per heavy atom. The van der Waals surface area contributed by atoms with E-state index in [1.54, 1.807) is 11.0 Å². The van der Waals surface area contributed by atoms with Crippen molar-refractivity contribution in [1.82, 2.24) is 9.88 Å². The highest BCUT2D eigenvalue weighted by atomic mass is 35.5. The molecule has 1 aromatic heterocycles. The van der Waals surface area contributed by atoms with Gasteiger partial charge in [0.25, 0.3) is 5.92 Å². The monoisotopic (exact) mass is 460 g/mol. The zero-order valence-electron chi connectivity index (χ0n) is 18.1. The average molecular weight is 461 g/mol. The first-order valence-corrected chi connectivity index (χ1v) is 10.8. The Morgan fingerprint density at radius 3 is 2.69 bits per heavy atom. The van der Waals surface area contributed by atoms with Gasteiger partial charge in [0.05, 0.1) is 12.6 Å². The highest BCUT2D eigenvalue weighted by Gasteiger charge is 2.41. The fourth-order valence-corrected chi connectivity index (χ4v) is 4.88. The molecular weight excluding hydrogens is 437 g/mol. The van der Waals surface area contributed by atoms with Gasteiger partial charge in [-0.3, -0.25) is 9.69 Å². The zero-order chi connectivity index (χ0) is 23.2. The van der Waals surface area contributed by atoms with Crippen molar-refractivity contribution in [3.63, 3.8) is 0 Å². The first-order chi connectivity index (χ1) is 15.0. The molecule has 0 unspecified atom stereocenters. The highest BCUT2D eigenvalue weighted by Crippen LogP contribution is 2.44. The molecule has 2 atom stereocenters. The number of para-hydroxylation sites is 1. The lowest BCUT2D eigenvalue weighted by Crippen LogP contribution is -2.47. The number of aromatic amines is 1. The van der Waals surface area contributed by atoms with Gasteiger partial charge in [-0.1, -0.05) is 35.9 Å². The molecule has 0 aliphatic carbocycles. The second-order valence-electron chi connectivity index (χ2n) is 8.60. The minimum atomic E-state index is -2.97. The van der Waals surface area contributed by atoms with Crippen LogP contribution in [0.1, 0.15) is 49.2 Å². The van der Waals surface area contributed by atoms with Crippen LogP contribution in [-0.4, -0.2) is 34.2 Å². The largest absolute Gasteiger partial charge is 0.357 e. The van der Waals surface area contributed by atoms with Gasteiger partial charge >= 0.3 is 0 Å². The third-order valence-corrected chi connectivity index (χ3v) is 6.18. The molecule has 0 fully saturated rings. The molecule has 32 heavy (non-hydrogen) atoms. The summed E-state index contributed by atoms with van der Waals surface area (Å²) in [6, 6.07) is 9.49. The molecule has 3 nitrogen and oxygen atoms in total. The number of ketones is 1. The third-order valence-electron chi connectivity index (χ3n) is 5.86. The van der Waals surface area contributed by atoms with Gasteiger partial charge in [0.1, 0.15) is 5.82 Å². The number of halogens is 4. The number of hydrogen-bond acceptors (Lipinski definition) is 2. The maximum Gasteiger partial charge on any atom is 0.257 e. The normalized spacial score (nSPS) is 19.6. The number of benzene rings is 2. The molecule has 0 saturated carbocycles. The van der Waals surface area contributed by atoms with E-state index in [-0.39, 0.29) is 22.4 Å². The number of aromatic nitrogens is 1. The Morgan fingerprint density at radius 2 is 2.03 bits per heavy atom. The van der Waals surface area contributed by atoms with Crippen LogP contribution in [0.4, 0.5) is 13.2 Å². The number of alkyl halides is 2. The van der Waals surface area contributed by atoms with E-state index in [0.717, 1.165) is 23.4 Å². The molecule has 3 aromatic rings. The Kier molecular flexibility index (Phi) is 5.94. The molecule has 0 saturated heterocycles. The minimum Gasteiger partial charge on any atom is -0.357 e. The second kappa shape index (κ2) is 8.41. The number of fused-ring (bicyclic) bond motifs is 3. The van der Waals surface area contributed by atoms with Crippen LogP contribution in [0.3, 0.4) is 0 Å². The SMILES string of the molecule is CC(=O)/C=C/c1cc(F)c([C@@H]2c3[nH]c4ccccc4c3C[C@@H](C)N2CC(C)(F)F)c(Cl)c1. The van der Waals surface area contributed by atoms with E-state index in [1.807, 2.05) is 31.2 Å². The number of nitrogens with one attached hydrogen (secondary N) is 1. The fourth-order valence-electron chi connectivity index (χ4n) is 4.56. The van der Waals surface area contributed by atoms with Crippen molar-refractivity contribution in [3.8, 4) is 0 Å². The Labute approximate surface area is 189 Å². The molecule has 0 spiro atoms. The van der Waals surface area contributed by atoms with Crippen molar-refractivity contribution in [2.24, 2.45) is 0 Å². The summed E-state index contributed by atoms with van der Waals surface area (Å²) in [6.07, 6.45) is 3.37. The molecule has 1 aliphatic heterocycles. The van der Waals surface area contributed by atoms with Crippen LogP contribution in [0.5, 0.6) is 0 Å². The van der Waals surface area contributed by atoms with Crippen molar-refractivity contribution in [1.29, 1.82) is 0 Å². The van der Waals surface area contributed by atoms with Crippen molar-refractivity contribution >= 4 is 34.4 Å². The standard InChI is InChI=1S/C25H24ClF3N2O/c1-14-10-18-17-6-4-5-7-21(17)30-23(18)24(31(14)13-25(3,28)29)22-19(26)11-16(12-20(22)27)9-8-15(2)32/h4-9,11-12,14,24,30H,10,13H2,1-3H3/b9-8+/t14-,24-/m1/s1. The van der Waals surface area contributed by atoms with Gasteiger partial charge < -0.3 is 4.98 Å². The van der Waals surface area contributed by atoms with Crippen molar-refractivity contribution in [3.05, 3.63) is 75.7 Å². The van der Waals surface area contributed by atoms with Crippen LogP contribution < -0.4 is 0 Å². The molecule has 7 heteroatoms. The topological polar surface area (TPSA) is 36.1 Å². The number of carbonyl (C=O) groups excluding carboxylic acids is 1. The summed E-state index contributed by atoms with van der Waals surface area (Å²) >= 11 is 6.55. The smallest absolute Gasteiger partial charge is 0.257 e. The first kappa shape index (κ1) is 22.6. The summed E-state index contributed by atoms with van der Waals surface area (Å²) in [5, 5.41) is 1.13. The minimum absolute atomic E-state index is 0.126. The summed E-state index contributed by atoms with van der Waals surface area (Å²) < 4.78 is 43.8. The van der Waals surface area contributed by atoms with Gasteiger partial charge in [-0.15, -0.1) is 0 Å². The lowest BCUT2D eigenvalue weighted by molar-refractivity contribution is -0.112. The molecule has 2 aromatic carbocycles. The zero-order valence-corrected chi connectivity index (χ0v) is 18.8. The maximum absolute atomic E-state index is 15.5. The number of hydrogen-bond donors (Lipinski definition) is 1. The van der Waals surface area contributed by atoms with E-state index < -0.39 is 24.3 Å². The number of nitrogens with zero attached hydrogens (tertiary/aromatic N) is 1. The van der Waals surface area contributed by atoms with Crippen molar-refractivity contribution < 1.29 is 18.0 Å². The van der Waals surface area contributed by atoms with Crippen LogP contribution in [0.25, 0.3) is 17.0 Å². The summed E-state index contributed by atoms with van der Waals surface area (Å²) in [4.78, 5) is 16.2. The van der Waals surface area contributed by atoms with E-state index in [9.17, 15) is 13.6 Å². The molecule has 2 heterocycles. The van der Waals surface area contributed by atoms with E-state index in [4.69, 9.17) is 11.6 Å². The molecule has 0 radical (unpaired) electrons. The van der Waals surface area contributed by atoms with E-state index in [2.05, 4.69) is 4.98 Å². The summed E-state index contributed by atoms with van der Waals surface area (Å²) in [5.41, 5.74) is 3.12. The Balaban J connectivity index is 1.92. The van der Waals surface area contributed by atoms with Crippen molar-refractivity contribution in [2.75, 3.05) is 6.54 Å². The molecule has 0 bridgehead atoms. The third kappa shape index (κ3) is 4.34. The quantitative estimate of drug-likeness (QED) is 0.438. The highest BCUT2D eigenvalue weighted by molar-refractivity contribution is 6.31. The number of H-pyrrole nitrogens is 1. The number of carbonyl (C=O) groups is 1. The molecule has 0 amide bonds. The van der Waals surface area contributed by atoms with E-state index >= 15 is 4.39 Å². The lowest BCUT2D eigenvalue weighted by Gasteiger charge is -2.42. The van der Waals surface area contributed by atoms with Gasteiger partial charge in [-0.2, -0.15) is 0 Å². The molecular formula is C25H24ClF3N2O. The summed E-state index contributed by atoms with van der Waals surface area (Å²) in [6.45, 7) is 3.60. The molecule has 1 aliphatic rings. The van der Waals surface area contributed by atoms with E-state index in [1.165, 1.54) is 25.1 Å². The van der Waals surface area contributed by atoms with Crippen LogP contribution in [0.2, 0.25) is 5.02 Å². The molecule has 1 N–H and O–H groups in total. The Bertz CT molecular complexity index is 1190. The van der Waals surface area contributed by atoms with Gasteiger partial charge in [0.15, 0.2) is 5.78 Å². The predicted molar refractivity (Wildman–Crippen MR) is 122 cm³/mol. The second-order valence-corrected chi connectivity index (χ2v) is 9.01. The number of allylic oxidation sites excluding steroid dienone is 1. The van der Waals surface area contributed by atoms with Crippen LogP contribution in [-0.2, 0) is 11.2 Å². The Hall–Kier alpha value is -2.57. The van der Waals surface area contributed by atoms with Crippen molar-refractivity contribution in [2.45, 2.75) is 45.2 Å². The average Bonchev–Trinajstić information content (AvgIpc) is 3.05. The summed E-state index contributed by atoms with van der Waals surface area (Å²) in [5.74, 6) is -3.75. The lowest BCUT2D eigenvalue weighted by atomic mass is 9.87.